The zero-order valence-electron chi connectivity index (χ0n) is 17.8. The minimum atomic E-state index is 0.102. The van der Waals surface area contributed by atoms with Gasteiger partial charge in [0.1, 0.15) is 0 Å². The standard InChI is InChI=1S/C22H46N2/c1-7-13-17-21(11-5,18-14-8-2)23-24-22(12-6,19-15-9-3)20-16-10-4/h7-20H2,1-6H3. The molecule has 0 aliphatic carbocycles. The smallest absolute Gasteiger partial charge is 0.0813 e. The summed E-state index contributed by atoms with van der Waals surface area (Å²) in [6.07, 6.45) is 17.3. The van der Waals surface area contributed by atoms with Crippen LogP contribution in [0.2, 0.25) is 0 Å². The quantitative estimate of drug-likeness (QED) is 0.252. The van der Waals surface area contributed by atoms with Gasteiger partial charge in [-0.2, -0.15) is 10.2 Å². The third-order valence-electron chi connectivity index (χ3n) is 5.77. The molecule has 0 bridgehead atoms. The van der Waals surface area contributed by atoms with Crippen molar-refractivity contribution in [2.75, 3.05) is 0 Å². The van der Waals surface area contributed by atoms with Crippen LogP contribution in [0.5, 0.6) is 0 Å². The highest BCUT2D eigenvalue weighted by molar-refractivity contribution is 4.90. The van der Waals surface area contributed by atoms with Crippen molar-refractivity contribution in [2.24, 2.45) is 10.2 Å². The molecule has 24 heavy (non-hydrogen) atoms. The van der Waals surface area contributed by atoms with Gasteiger partial charge in [-0.1, -0.05) is 92.9 Å². The van der Waals surface area contributed by atoms with Crippen LogP contribution >= 0.6 is 0 Å². The van der Waals surface area contributed by atoms with E-state index in [0.29, 0.717) is 0 Å². The summed E-state index contributed by atoms with van der Waals surface area (Å²) in [5.74, 6) is 0. The van der Waals surface area contributed by atoms with E-state index >= 15 is 0 Å². The summed E-state index contributed by atoms with van der Waals surface area (Å²) >= 11 is 0. The maximum atomic E-state index is 5.12. The highest BCUT2D eigenvalue weighted by Crippen LogP contribution is 2.35. The van der Waals surface area contributed by atoms with E-state index in [0.717, 1.165) is 12.8 Å². The summed E-state index contributed by atoms with van der Waals surface area (Å²) in [5.41, 5.74) is 0.204. The van der Waals surface area contributed by atoms with E-state index in [1.165, 1.54) is 77.0 Å². The molecule has 0 N–H and O–H groups in total. The van der Waals surface area contributed by atoms with E-state index in [-0.39, 0.29) is 11.1 Å². The van der Waals surface area contributed by atoms with Crippen LogP contribution in [-0.4, -0.2) is 11.1 Å². The Morgan fingerprint density at radius 1 is 0.458 bits per heavy atom. The lowest BCUT2D eigenvalue weighted by Crippen LogP contribution is -2.30. The lowest BCUT2D eigenvalue weighted by Gasteiger charge is -2.32. The van der Waals surface area contributed by atoms with Crippen LogP contribution in [-0.2, 0) is 0 Å². The van der Waals surface area contributed by atoms with Gasteiger partial charge in [0.2, 0.25) is 0 Å². The maximum absolute atomic E-state index is 5.12. The van der Waals surface area contributed by atoms with E-state index in [1.54, 1.807) is 0 Å². The van der Waals surface area contributed by atoms with Gasteiger partial charge < -0.3 is 0 Å². The topological polar surface area (TPSA) is 24.7 Å². The minimum absolute atomic E-state index is 0.102. The molecule has 0 atom stereocenters. The van der Waals surface area contributed by atoms with Gasteiger partial charge in [0.15, 0.2) is 0 Å². The molecule has 2 heteroatoms. The predicted molar refractivity (Wildman–Crippen MR) is 109 cm³/mol. The summed E-state index contributed by atoms with van der Waals surface area (Å²) < 4.78 is 0. The average Bonchev–Trinajstić information content (AvgIpc) is 2.63. The Bertz CT molecular complexity index is 263. The Labute approximate surface area is 153 Å². The van der Waals surface area contributed by atoms with Crippen molar-refractivity contribution in [3.05, 3.63) is 0 Å². The monoisotopic (exact) mass is 338 g/mol. The fraction of sp³-hybridized carbons (Fsp3) is 1.00. The molecule has 0 spiro atoms. The number of azo groups is 1. The SMILES string of the molecule is CCCCC(CC)(CCCC)N=NC(CC)(CCCC)CCCC. The molecule has 0 rings (SSSR count). The molecule has 0 aliphatic rings. The molecule has 0 saturated heterocycles. The Hall–Kier alpha value is -0.400. The molecule has 0 aromatic heterocycles. The first-order chi connectivity index (χ1) is 11.6. The van der Waals surface area contributed by atoms with Crippen molar-refractivity contribution < 1.29 is 0 Å². The number of unbranched alkanes of at least 4 members (excludes halogenated alkanes) is 4. The van der Waals surface area contributed by atoms with Gasteiger partial charge in [0, 0.05) is 0 Å². The molecule has 0 aliphatic heterocycles. The second-order valence-electron chi connectivity index (χ2n) is 7.77. The van der Waals surface area contributed by atoms with E-state index in [1.807, 2.05) is 0 Å². The molecule has 0 aromatic rings. The molecular formula is C22H46N2. The molecule has 0 unspecified atom stereocenters. The first-order valence-corrected chi connectivity index (χ1v) is 11.0. The maximum Gasteiger partial charge on any atom is 0.0813 e. The van der Waals surface area contributed by atoms with Gasteiger partial charge in [0.25, 0.3) is 0 Å². The van der Waals surface area contributed by atoms with Crippen LogP contribution in [0.3, 0.4) is 0 Å². The lowest BCUT2D eigenvalue weighted by molar-refractivity contribution is 0.267. The van der Waals surface area contributed by atoms with Crippen LogP contribution in [0.15, 0.2) is 10.2 Å². The predicted octanol–water partition coefficient (Wildman–Crippen LogP) is 8.50. The van der Waals surface area contributed by atoms with E-state index < -0.39 is 0 Å². The summed E-state index contributed by atoms with van der Waals surface area (Å²) in [7, 11) is 0. The first-order valence-electron chi connectivity index (χ1n) is 11.0. The Kier molecular flexibility index (Phi) is 13.6. The van der Waals surface area contributed by atoms with Gasteiger partial charge >= 0.3 is 0 Å². The van der Waals surface area contributed by atoms with E-state index in [4.69, 9.17) is 10.2 Å². The van der Waals surface area contributed by atoms with E-state index in [2.05, 4.69) is 41.5 Å². The van der Waals surface area contributed by atoms with Gasteiger partial charge in [-0.25, -0.2) is 0 Å². The van der Waals surface area contributed by atoms with Crippen molar-refractivity contribution >= 4 is 0 Å². The molecule has 0 aromatic carbocycles. The Morgan fingerprint density at radius 2 is 0.708 bits per heavy atom. The largest absolute Gasteiger partial charge is 0.187 e. The fourth-order valence-electron chi connectivity index (χ4n) is 3.53. The van der Waals surface area contributed by atoms with Crippen LogP contribution in [0.4, 0.5) is 0 Å². The molecule has 2 nitrogen and oxygen atoms in total. The van der Waals surface area contributed by atoms with Crippen molar-refractivity contribution in [3.8, 4) is 0 Å². The van der Waals surface area contributed by atoms with Crippen LogP contribution in [0.25, 0.3) is 0 Å². The molecule has 144 valence electrons. The third kappa shape index (κ3) is 8.62. The van der Waals surface area contributed by atoms with Crippen molar-refractivity contribution in [1.29, 1.82) is 0 Å². The van der Waals surface area contributed by atoms with Crippen LogP contribution < -0.4 is 0 Å². The number of rotatable bonds is 16. The van der Waals surface area contributed by atoms with Crippen molar-refractivity contribution in [1.82, 2.24) is 0 Å². The fourth-order valence-corrected chi connectivity index (χ4v) is 3.53. The molecule has 0 radical (unpaired) electrons. The molecule has 0 fully saturated rings. The molecule has 0 saturated carbocycles. The summed E-state index contributed by atoms with van der Waals surface area (Å²) in [6.45, 7) is 13.8. The summed E-state index contributed by atoms with van der Waals surface area (Å²) in [5, 5.41) is 10.2. The third-order valence-corrected chi connectivity index (χ3v) is 5.77. The Morgan fingerprint density at radius 3 is 0.875 bits per heavy atom. The first kappa shape index (κ1) is 23.6. The van der Waals surface area contributed by atoms with Crippen LogP contribution in [0.1, 0.15) is 131 Å². The Balaban J connectivity index is 5.33. The highest BCUT2D eigenvalue weighted by Gasteiger charge is 2.31. The normalized spacial score (nSPS) is 13.1. The van der Waals surface area contributed by atoms with Crippen molar-refractivity contribution in [2.45, 2.75) is 143 Å². The lowest BCUT2D eigenvalue weighted by atomic mass is 9.84. The number of nitrogens with zero attached hydrogens (tertiary/aromatic N) is 2. The van der Waals surface area contributed by atoms with Crippen molar-refractivity contribution in [3.63, 3.8) is 0 Å². The summed E-state index contributed by atoms with van der Waals surface area (Å²) in [4.78, 5) is 0. The zero-order valence-corrected chi connectivity index (χ0v) is 17.8. The second kappa shape index (κ2) is 13.8. The zero-order chi connectivity index (χ0) is 18.3. The second-order valence-corrected chi connectivity index (χ2v) is 7.77. The number of hydrogen-bond acceptors (Lipinski definition) is 2. The van der Waals surface area contributed by atoms with Gasteiger partial charge in [-0.05, 0) is 38.5 Å². The summed E-state index contributed by atoms with van der Waals surface area (Å²) in [6, 6.07) is 0. The van der Waals surface area contributed by atoms with E-state index in [9.17, 15) is 0 Å². The average molecular weight is 339 g/mol. The van der Waals surface area contributed by atoms with Crippen LogP contribution in [0, 0.1) is 0 Å². The number of hydrogen-bond donors (Lipinski definition) is 0. The highest BCUT2D eigenvalue weighted by atomic mass is 15.2. The molecular weight excluding hydrogens is 292 g/mol. The van der Waals surface area contributed by atoms with Gasteiger partial charge in [-0.15, -0.1) is 0 Å². The van der Waals surface area contributed by atoms with Gasteiger partial charge in [-0.3, -0.25) is 0 Å². The van der Waals surface area contributed by atoms with Gasteiger partial charge in [0.05, 0.1) is 11.1 Å². The molecule has 0 amide bonds. The minimum Gasteiger partial charge on any atom is -0.187 e. The molecule has 0 heterocycles.